The molecule has 35 heavy (non-hydrogen) atoms. The van der Waals surface area contributed by atoms with Crippen LogP contribution in [-0.2, 0) is 11.3 Å². The molecule has 0 N–H and O–H groups in total. The fourth-order valence-electron chi connectivity index (χ4n) is 4.34. The Balaban J connectivity index is 1.41. The van der Waals surface area contributed by atoms with E-state index < -0.39 is 0 Å². The number of hydrogen-bond donors (Lipinski definition) is 0. The topological polar surface area (TPSA) is 34.5 Å². The van der Waals surface area contributed by atoms with Crippen LogP contribution in [0.4, 0.5) is 5.69 Å². The maximum absolute atomic E-state index is 13.4. The Morgan fingerprint density at radius 2 is 1.71 bits per heavy atom. The number of rotatable bonds is 6. The molecule has 1 amide bonds. The lowest BCUT2D eigenvalue weighted by Crippen LogP contribution is -2.28. The van der Waals surface area contributed by atoms with Crippen LogP contribution in [0.15, 0.2) is 77.8 Å². The van der Waals surface area contributed by atoms with Gasteiger partial charge in [-0.2, -0.15) is 0 Å². The minimum absolute atomic E-state index is 0.0773. The van der Waals surface area contributed by atoms with E-state index in [1.165, 1.54) is 17.3 Å². The van der Waals surface area contributed by atoms with Crippen molar-refractivity contribution in [3.8, 4) is 5.75 Å². The van der Waals surface area contributed by atoms with Crippen LogP contribution in [0.3, 0.4) is 0 Å². The zero-order chi connectivity index (χ0) is 24.5. The summed E-state index contributed by atoms with van der Waals surface area (Å²) in [5, 5.41) is 1.10. The molecule has 0 bridgehead atoms. The predicted molar refractivity (Wildman–Crippen MR) is 150 cm³/mol. The van der Waals surface area contributed by atoms with Crippen LogP contribution < -0.4 is 9.64 Å². The summed E-state index contributed by atoms with van der Waals surface area (Å²) in [5.74, 6) is 0.786. The lowest BCUT2D eigenvalue weighted by atomic mass is 10.1. The number of amides is 1. The van der Waals surface area contributed by atoms with Crippen LogP contribution in [0, 0.1) is 20.8 Å². The van der Waals surface area contributed by atoms with Crippen molar-refractivity contribution < 1.29 is 9.53 Å². The van der Waals surface area contributed by atoms with E-state index in [9.17, 15) is 4.79 Å². The zero-order valence-corrected chi connectivity index (χ0v) is 21.6. The number of thioether (sulfide) groups is 1. The first-order valence-electron chi connectivity index (χ1n) is 11.5. The summed E-state index contributed by atoms with van der Waals surface area (Å²) in [6.07, 6.45) is 4.05. The molecule has 0 atom stereocenters. The number of benzene rings is 3. The number of anilines is 1. The highest BCUT2D eigenvalue weighted by molar-refractivity contribution is 8.27. The number of aryl methyl sites for hydroxylation is 3. The molecule has 176 valence electrons. The van der Waals surface area contributed by atoms with Gasteiger partial charge in [0.1, 0.15) is 12.4 Å². The third-order valence-electron chi connectivity index (χ3n) is 6.11. The molecule has 0 unspecified atom stereocenters. The van der Waals surface area contributed by atoms with Gasteiger partial charge < -0.3 is 9.30 Å². The highest BCUT2D eigenvalue weighted by Crippen LogP contribution is 2.38. The van der Waals surface area contributed by atoms with Gasteiger partial charge in [0.25, 0.3) is 5.91 Å². The number of ether oxygens (including phenoxy) is 1. The molecule has 1 aliphatic heterocycles. The van der Waals surface area contributed by atoms with Crippen LogP contribution in [0.1, 0.15) is 22.3 Å². The van der Waals surface area contributed by atoms with Gasteiger partial charge in [-0.05, 0) is 56.7 Å². The first kappa shape index (κ1) is 23.4. The van der Waals surface area contributed by atoms with E-state index in [1.807, 2.05) is 68.5 Å². The van der Waals surface area contributed by atoms with Crippen molar-refractivity contribution >= 4 is 56.9 Å². The van der Waals surface area contributed by atoms with Gasteiger partial charge in [0.15, 0.2) is 4.32 Å². The lowest BCUT2D eigenvalue weighted by molar-refractivity contribution is -0.113. The van der Waals surface area contributed by atoms with E-state index in [0.717, 1.165) is 39.0 Å². The second kappa shape index (κ2) is 9.72. The molecule has 1 aliphatic rings. The minimum Gasteiger partial charge on any atom is -0.492 e. The van der Waals surface area contributed by atoms with Gasteiger partial charge in [-0.1, -0.05) is 77.6 Å². The first-order chi connectivity index (χ1) is 16.9. The molecule has 3 aromatic carbocycles. The van der Waals surface area contributed by atoms with Crippen molar-refractivity contribution in [2.45, 2.75) is 27.3 Å². The molecular weight excluding hydrogens is 472 g/mol. The third kappa shape index (κ3) is 4.77. The van der Waals surface area contributed by atoms with Gasteiger partial charge in [0.05, 0.1) is 17.1 Å². The lowest BCUT2D eigenvalue weighted by Gasteiger charge is -2.17. The summed E-state index contributed by atoms with van der Waals surface area (Å²) in [5.41, 5.74) is 6.35. The van der Waals surface area contributed by atoms with E-state index in [2.05, 4.69) is 35.9 Å². The number of aromatic nitrogens is 1. The van der Waals surface area contributed by atoms with Crippen molar-refractivity contribution in [3.63, 3.8) is 0 Å². The molecular formula is C29H26N2O2S2. The van der Waals surface area contributed by atoms with Crippen LogP contribution in [0.5, 0.6) is 5.75 Å². The smallest absolute Gasteiger partial charge is 0.270 e. The van der Waals surface area contributed by atoms with Crippen LogP contribution in [0.2, 0.25) is 0 Å². The normalized spacial score (nSPS) is 14.9. The van der Waals surface area contributed by atoms with Crippen LogP contribution >= 0.6 is 24.0 Å². The summed E-state index contributed by atoms with van der Waals surface area (Å²) in [6, 6.07) is 22.4. The Hall–Kier alpha value is -3.35. The molecule has 5 rings (SSSR count). The molecule has 1 saturated heterocycles. The summed E-state index contributed by atoms with van der Waals surface area (Å²) in [6.45, 7) is 7.37. The van der Waals surface area contributed by atoms with E-state index in [4.69, 9.17) is 17.0 Å². The van der Waals surface area contributed by atoms with Crippen LogP contribution in [-0.4, -0.2) is 21.4 Å². The van der Waals surface area contributed by atoms with E-state index in [1.54, 1.807) is 4.90 Å². The maximum atomic E-state index is 13.4. The molecule has 1 fully saturated rings. The highest BCUT2D eigenvalue weighted by Gasteiger charge is 2.34. The van der Waals surface area contributed by atoms with Crippen molar-refractivity contribution in [2.75, 3.05) is 11.5 Å². The Kier molecular flexibility index (Phi) is 6.50. The molecule has 4 aromatic rings. The zero-order valence-electron chi connectivity index (χ0n) is 19.9. The summed E-state index contributed by atoms with van der Waals surface area (Å²) in [7, 11) is 0. The number of para-hydroxylation sites is 1. The molecule has 0 spiro atoms. The van der Waals surface area contributed by atoms with Gasteiger partial charge in [-0.15, -0.1) is 0 Å². The van der Waals surface area contributed by atoms with E-state index >= 15 is 0 Å². The third-order valence-corrected chi connectivity index (χ3v) is 7.42. The number of fused-ring (bicyclic) bond motifs is 1. The van der Waals surface area contributed by atoms with Gasteiger partial charge in [-0.3, -0.25) is 9.69 Å². The van der Waals surface area contributed by atoms with Gasteiger partial charge in [-0.25, -0.2) is 0 Å². The number of thiocarbonyl (C=S) groups is 1. The monoisotopic (exact) mass is 498 g/mol. The van der Waals surface area contributed by atoms with Crippen molar-refractivity contribution in [3.05, 3.63) is 100 Å². The molecule has 0 aliphatic carbocycles. The Bertz CT molecular complexity index is 1470. The van der Waals surface area contributed by atoms with Crippen molar-refractivity contribution in [1.29, 1.82) is 0 Å². The summed E-state index contributed by atoms with van der Waals surface area (Å²) < 4.78 is 8.69. The summed E-state index contributed by atoms with van der Waals surface area (Å²) in [4.78, 5) is 15.7. The second-order valence-corrected chi connectivity index (χ2v) is 10.4. The average Bonchev–Trinajstić information content (AvgIpc) is 3.32. The number of carbonyl (C=O) groups excluding carboxylic acids is 1. The molecule has 0 radical (unpaired) electrons. The molecule has 0 saturated carbocycles. The minimum atomic E-state index is -0.0773. The average molecular weight is 499 g/mol. The Morgan fingerprint density at radius 1 is 0.971 bits per heavy atom. The fourth-order valence-corrected chi connectivity index (χ4v) is 5.62. The Morgan fingerprint density at radius 3 is 2.49 bits per heavy atom. The number of nitrogens with zero attached hydrogens (tertiary/aromatic N) is 2. The van der Waals surface area contributed by atoms with Crippen molar-refractivity contribution in [1.82, 2.24) is 4.57 Å². The SMILES string of the molecule is Cc1ccc(OCCn2cc(/C=C3\SC(=S)N(c4ccc(C)cc4C)C3=O)c3ccccc32)cc1. The summed E-state index contributed by atoms with van der Waals surface area (Å²) >= 11 is 6.96. The molecule has 6 heteroatoms. The molecule has 1 aromatic heterocycles. The van der Waals surface area contributed by atoms with Crippen LogP contribution in [0.25, 0.3) is 17.0 Å². The van der Waals surface area contributed by atoms with Gasteiger partial charge in [0.2, 0.25) is 0 Å². The largest absolute Gasteiger partial charge is 0.492 e. The van der Waals surface area contributed by atoms with E-state index in [-0.39, 0.29) is 5.91 Å². The number of carbonyl (C=O) groups is 1. The first-order valence-corrected chi connectivity index (χ1v) is 12.8. The van der Waals surface area contributed by atoms with Crippen molar-refractivity contribution in [2.24, 2.45) is 0 Å². The van der Waals surface area contributed by atoms with Gasteiger partial charge >= 0.3 is 0 Å². The van der Waals surface area contributed by atoms with Gasteiger partial charge in [0, 0.05) is 22.7 Å². The fraction of sp³-hybridized carbons (Fsp3) is 0.172. The standard InChI is InChI=1S/C29H26N2O2S2/c1-19-8-11-23(12-9-19)33-15-14-30-18-22(24-6-4-5-7-26(24)30)17-27-28(32)31(29(34)35-27)25-13-10-20(2)16-21(25)3/h4-13,16-18H,14-15H2,1-3H3/b27-17-. The second-order valence-electron chi connectivity index (χ2n) is 8.76. The number of hydrogen-bond acceptors (Lipinski definition) is 4. The quantitative estimate of drug-likeness (QED) is 0.211. The Labute approximate surface area is 215 Å². The van der Waals surface area contributed by atoms with E-state index in [0.29, 0.717) is 22.4 Å². The molecule has 4 nitrogen and oxygen atoms in total. The maximum Gasteiger partial charge on any atom is 0.270 e. The predicted octanol–water partition coefficient (Wildman–Crippen LogP) is 7.05. The highest BCUT2D eigenvalue weighted by atomic mass is 32.2. The molecule has 2 heterocycles.